The summed E-state index contributed by atoms with van der Waals surface area (Å²) < 4.78 is 33.8. The van der Waals surface area contributed by atoms with Gasteiger partial charge in [0.05, 0.1) is 24.2 Å². The number of hydrogen-bond donors (Lipinski definition) is 2. The summed E-state index contributed by atoms with van der Waals surface area (Å²) in [4.78, 5) is 17.4. The lowest BCUT2D eigenvalue weighted by Gasteiger charge is -2.30. The summed E-state index contributed by atoms with van der Waals surface area (Å²) in [6.07, 6.45) is 1.07. The first-order valence-corrected chi connectivity index (χ1v) is 13.8. The van der Waals surface area contributed by atoms with Crippen LogP contribution in [0.1, 0.15) is 34.6 Å². The second-order valence-corrected chi connectivity index (χ2v) is 11.4. The molecule has 9 heteroatoms. The van der Waals surface area contributed by atoms with Gasteiger partial charge in [-0.2, -0.15) is 4.31 Å². The number of pyridine rings is 1. The molecule has 1 saturated carbocycles. The number of rotatable bonds is 12. The third-order valence-corrected chi connectivity index (χ3v) is 8.26. The summed E-state index contributed by atoms with van der Waals surface area (Å²) in [5, 5.41) is 14.3. The van der Waals surface area contributed by atoms with Crippen LogP contribution >= 0.6 is 0 Å². The molecule has 8 nitrogen and oxygen atoms in total. The number of hydrogen-bond acceptors (Lipinski definition) is 6. The van der Waals surface area contributed by atoms with E-state index >= 15 is 0 Å². The van der Waals surface area contributed by atoms with Gasteiger partial charge in [-0.05, 0) is 61.9 Å². The standard InChI is InChI=1S/C28H33N3O5S/c1-20-8-6-13-25(29-20)28(33)30-26(16-21-9-4-3-5-10-21)27(32)19-31(18-22-14-15-22)37(34,35)24-12-7-11-23(17-24)36-2/h3-13,17,22,26-27,32H,14-16,18-19H2,1-2H3,(H,30,33). The first-order valence-electron chi connectivity index (χ1n) is 12.4. The molecule has 37 heavy (non-hydrogen) atoms. The molecular formula is C28H33N3O5S. The molecule has 2 unspecified atom stereocenters. The number of methoxy groups -OCH3 is 1. The van der Waals surface area contributed by atoms with Crippen LogP contribution in [0, 0.1) is 12.8 Å². The predicted octanol–water partition coefficient (Wildman–Crippen LogP) is 3.20. The van der Waals surface area contributed by atoms with E-state index in [1.54, 1.807) is 37.3 Å². The number of benzene rings is 2. The zero-order chi connectivity index (χ0) is 26.4. The number of nitrogens with one attached hydrogen (secondary N) is 1. The van der Waals surface area contributed by atoms with Crippen molar-refractivity contribution >= 4 is 15.9 Å². The van der Waals surface area contributed by atoms with Crippen molar-refractivity contribution in [2.75, 3.05) is 20.2 Å². The Hall–Kier alpha value is -3.27. The van der Waals surface area contributed by atoms with E-state index in [9.17, 15) is 18.3 Å². The molecule has 2 aromatic carbocycles. The summed E-state index contributed by atoms with van der Waals surface area (Å²) in [5.74, 6) is 0.271. The van der Waals surface area contributed by atoms with Gasteiger partial charge >= 0.3 is 0 Å². The molecule has 0 radical (unpaired) electrons. The SMILES string of the molecule is COc1cccc(S(=O)(=O)N(CC2CC2)CC(O)C(Cc2ccccc2)NC(=O)c2cccc(C)n2)c1. The first kappa shape index (κ1) is 26.8. The average Bonchev–Trinajstić information content (AvgIpc) is 3.72. The molecular weight excluding hydrogens is 490 g/mol. The Morgan fingerprint density at radius 3 is 2.51 bits per heavy atom. The maximum Gasteiger partial charge on any atom is 0.270 e. The van der Waals surface area contributed by atoms with E-state index in [4.69, 9.17) is 4.74 Å². The Labute approximate surface area is 218 Å². The van der Waals surface area contributed by atoms with Crippen LogP contribution in [0.4, 0.5) is 0 Å². The highest BCUT2D eigenvalue weighted by Gasteiger charge is 2.35. The molecule has 0 spiro atoms. The van der Waals surface area contributed by atoms with Gasteiger partial charge in [-0.15, -0.1) is 0 Å². The molecule has 0 saturated heterocycles. The highest BCUT2D eigenvalue weighted by molar-refractivity contribution is 7.89. The minimum atomic E-state index is -3.91. The summed E-state index contributed by atoms with van der Waals surface area (Å²) in [5.41, 5.74) is 1.85. The van der Waals surface area contributed by atoms with Crippen LogP contribution in [0.3, 0.4) is 0 Å². The van der Waals surface area contributed by atoms with Crippen molar-refractivity contribution in [1.82, 2.24) is 14.6 Å². The van der Waals surface area contributed by atoms with Gasteiger partial charge in [0.1, 0.15) is 11.4 Å². The second kappa shape index (κ2) is 11.9. The number of carbonyl (C=O) groups is 1. The van der Waals surface area contributed by atoms with Crippen LogP contribution in [0.15, 0.2) is 77.7 Å². The minimum absolute atomic E-state index is 0.104. The lowest BCUT2D eigenvalue weighted by Crippen LogP contribution is -2.51. The van der Waals surface area contributed by atoms with E-state index in [-0.39, 0.29) is 23.1 Å². The van der Waals surface area contributed by atoms with Gasteiger partial charge in [0.2, 0.25) is 10.0 Å². The Bertz CT molecular complexity index is 1310. The summed E-state index contributed by atoms with van der Waals surface area (Å²) in [6.45, 7) is 1.95. The quantitative estimate of drug-likeness (QED) is 0.377. The van der Waals surface area contributed by atoms with Crippen LogP contribution in [0.2, 0.25) is 0 Å². The van der Waals surface area contributed by atoms with Crippen molar-refractivity contribution in [2.45, 2.75) is 43.2 Å². The molecule has 0 aliphatic heterocycles. The van der Waals surface area contributed by atoms with Crippen LogP contribution in [0.25, 0.3) is 0 Å². The number of aliphatic hydroxyl groups excluding tert-OH is 1. The van der Waals surface area contributed by atoms with E-state index < -0.39 is 28.1 Å². The fourth-order valence-electron chi connectivity index (χ4n) is 4.17. The molecule has 1 aliphatic rings. The first-order chi connectivity index (χ1) is 17.8. The van der Waals surface area contributed by atoms with E-state index in [0.717, 1.165) is 18.4 Å². The van der Waals surface area contributed by atoms with Gasteiger partial charge in [0.25, 0.3) is 5.91 Å². The van der Waals surface area contributed by atoms with Crippen molar-refractivity contribution in [2.24, 2.45) is 5.92 Å². The Balaban J connectivity index is 1.59. The molecule has 1 fully saturated rings. The number of amides is 1. The van der Waals surface area contributed by atoms with Crippen molar-refractivity contribution in [3.8, 4) is 5.75 Å². The average molecular weight is 524 g/mol. The summed E-state index contributed by atoms with van der Waals surface area (Å²) >= 11 is 0. The number of carbonyl (C=O) groups excluding carboxylic acids is 1. The van der Waals surface area contributed by atoms with Crippen LogP contribution in [0.5, 0.6) is 5.75 Å². The Kier molecular flexibility index (Phi) is 8.58. The number of aryl methyl sites for hydroxylation is 1. The lowest BCUT2D eigenvalue weighted by atomic mass is 10.0. The molecule has 4 rings (SSSR count). The maximum atomic E-state index is 13.6. The Morgan fingerprint density at radius 1 is 1.11 bits per heavy atom. The predicted molar refractivity (Wildman–Crippen MR) is 141 cm³/mol. The molecule has 1 heterocycles. The van der Waals surface area contributed by atoms with Gasteiger partial charge in [-0.3, -0.25) is 4.79 Å². The Morgan fingerprint density at radius 2 is 1.84 bits per heavy atom. The largest absolute Gasteiger partial charge is 0.497 e. The number of ether oxygens (including phenoxy) is 1. The number of nitrogens with zero attached hydrogens (tertiary/aromatic N) is 2. The minimum Gasteiger partial charge on any atom is -0.497 e. The summed E-state index contributed by atoms with van der Waals surface area (Å²) in [7, 11) is -2.42. The molecule has 1 aliphatic carbocycles. The molecule has 196 valence electrons. The van der Waals surface area contributed by atoms with Crippen molar-refractivity contribution in [3.05, 3.63) is 89.7 Å². The van der Waals surface area contributed by atoms with Gasteiger partial charge in [-0.1, -0.05) is 42.5 Å². The lowest BCUT2D eigenvalue weighted by molar-refractivity contribution is 0.0776. The maximum absolute atomic E-state index is 13.6. The molecule has 0 bridgehead atoms. The van der Waals surface area contributed by atoms with Crippen molar-refractivity contribution in [1.29, 1.82) is 0 Å². The number of sulfonamides is 1. The zero-order valence-corrected chi connectivity index (χ0v) is 21.9. The van der Waals surface area contributed by atoms with Gasteiger partial charge < -0.3 is 15.2 Å². The zero-order valence-electron chi connectivity index (χ0n) is 21.1. The highest BCUT2D eigenvalue weighted by Crippen LogP contribution is 2.32. The topological polar surface area (TPSA) is 109 Å². The third kappa shape index (κ3) is 7.15. The van der Waals surface area contributed by atoms with E-state index in [0.29, 0.717) is 24.4 Å². The monoisotopic (exact) mass is 523 g/mol. The summed E-state index contributed by atoms with van der Waals surface area (Å²) in [6, 6.07) is 20.2. The third-order valence-electron chi connectivity index (χ3n) is 6.43. The fourth-order valence-corrected chi connectivity index (χ4v) is 5.74. The smallest absolute Gasteiger partial charge is 0.270 e. The molecule has 2 atom stereocenters. The van der Waals surface area contributed by atoms with Crippen LogP contribution in [-0.4, -0.2) is 61.1 Å². The molecule has 3 aromatic rings. The second-order valence-electron chi connectivity index (χ2n) is 9.45. The number of aliphatic hydroxyl groups is 1. The van der Waals surface area contributed by atoms with Crippen molar-refractivity contribution < 1.29 is 23.1 Å². The normalized spacial score (nSPS) is 15.2. The van der Waals surface area contributed by atoms with E-state index in [2.05, 4.69) is 10.3 Å². The molecule has 1 aromatic heterocycles. The van der Waals surface area contributed by atoms with Gasteiger partial charge in [0.15, 0.2) is 0 Å². The molecule has 2 N–H and O–H groups in total. The van der Waals surface area contributed by atoms with E-state index in [1.165, 1.54) is 23.5 Å². The van der Waals surface area contributed by atoms with Crippen LogP contribution in [-0.2, 0) is 16.4 Å². The van der Waals surface area contributed by atoms with Gasteiger partial charge in [-0.25, -0.2) is 13.4 Å². The van der Waals surface area contributed by atoms with Crippen molar-refractivity contribution in [3.63, 3.8) is 0 Å². The number of aromatic nitrogens is 1. The van der Waals surface area contributed by atoms with E-state index in [1.807, 2.05) is 30.3 Å². The van der Waals surface area contributed by atoms with Crippen LogP contribution < -0.4 is 10.1 Å². The van der Waals surface area contributed by atoms with Gasteiger partial charge in [0, 0.05) is 24.8 Å². The highest BCUT2D eigenvalue weighted by atomic mass is 32.2. The molecule has 1 amide bonds. The fraction of sp³-hybridized carbons (Fsp3) is 0.357.